The van der Waals surface area contributed by atoms with E-state index in [2.05, 4.69) is 43.5 Å². The van der Waals surface area contributed by atoms with Crippen molar-refractivity contribution in [2.24, 2.45) is 0 Å². The molecular weight excluding hydrogens is 586 g/mol. The number of amides is 1. The number of hydrogen-bond donors (Lipinski definition) is 2. The molecule has 0 aromatic carbocycles. The van der Waals surface area contributed by atoms with Crippen molar-refractivity contribution in [3.05, 3.63) is 24.3 Å². The van der Waals surface area contributed by atoms with Crippen LogP contribution in [0.4, 0.5) is 0 Å². The summed E-state index contributed by atoms with van der Waals surface area (Å²) in [4.78, 5) is 34.9. The molecule has 0 aromatic rings. The number of unbranched alkanes of at least 4 members (excludes halogenated alkanes) is 23. The summed E-state index contributed by atoms with van der Waals surface area (Å²) in [5.74, 6) is -1.33. The zero-order valence-corrected chi connectivity index (χ0v) is 30.9. The molecule has 0 aliphatic heterocycles. The lowest BCUT2D eigenvalue weighted by Gasteiger charge is -2.15. The Bertz CT molecular complexity index is 778. The second kappa shape index (κ2) is 36.7. The van der Waals surface area contributed by atoms with Crippen LogP contribution in [0.1, 0.15) is 206 Å². The summed E-state index contributed by atoms with van der Waals surface area (Å²) < 4.78 is 5.89. The van der Waals surface area contributed by atoms with E-state index in [4.69, 9.17) is 9.84 Å². The monoisotopic (exact) mass is 662 g/mol. The topological polar surface area (TPSA) is 92.7 Å². The lowest BCUT2D eigenvalue weighted by Crippen LogP contribution is -2.28. The second-order valence-electron chi connectivity index (χ2n) is 13.5. The number of carboxylic acids is 1. The molecule has 0 spiro atoms. The van der Waals surface area contributed by atoms with Crippen LogP contribution < -0.4 is 5.32 Å². The quantitative estimate of drug-likeness (QED) is 0.0396. The van der Waals surface area contributed by atoms with Gasteiger partial charge in [-0.15, -0.1) is 0 Å². The number of allylic oxidation sites excluding steroid dienone is 3. The Morgan fingerprint density at radius 2 is 0.979 bits per heavy atom. The average molecular weight is 662 g/mol. The Hall–Kier alpha value is -2.11. The lowest BCUT2D eigenvalue weighted by molar-refractivity contribution is -0.147. The fourth-order valence-corrected chi connectivity index (χ4v) is 5.83. The molecule has 0 aliphatic rings. The van der Waals surface area contributed by atoms with Gasteiger partial charge in [0.25, 0.3) is 0 Å². The first-order valence-corrected chi connectivity index (χ1v) is 20.0. The average Bonchev–Trinajstić information content (AvgIpc) is 3.05. The molecule has 1 atom stereocenters. The standard InChI is InChI=1S/C41H75NO5/c1-3-5-7-9-11-13-14-15-16-17-18-19-20-21-22-24-26-32-36-41(46)47-38(33-29-25-23-12-10-8-6-4-2)34-30-27-28-31-35-39(43)42-37-40(44)45/h16-17,29,33,38H,3-15,18-28,30-32,34-37H2,1-2H3,(H,42,43)(H,44,45)/b17-16-,33-29-. The summed E-state index contributed by atoms with van der Waals surface area (Å²) in [5.41, 5.74) is 0. The number of hydrogen-bond acceptors (Lipinski definition) is 4. The first-order valence-electron chi connectivity index (χ1n) is 20.0. The molecule has 6 heteroatoms. The molecule has 274 valence electrons. The van der Waals surface area contributed by atoms with Crippen molar-refractivity contribution >= 4 is 17.8 Å². The van der Waals surface area contributed by atoms with E-state index >= 15 is 0 Å². The predicted octanol–water partition coefficient (Wildman–Crippen LogP) is 12.0. The molecule has 0 fully saturated rings. The van der Waals surface area contributed by atoms with Gasteiger partial charge in [0, 0.05) is 12.8 Å². The highest BCUT2D eigenvalue weighted by Crippen LogP contribution is 2.16. The van der Waals surface area contributed by atoms with Crippen molar-refractivity contribution in [2.75, 3.05) is 6.54 Å². The Morgan fingerprint density at radius 3 is 1.49 bits per heavy atom. The smallest absolute Gasteiger partial charge is 0.322 e. The Balaban J connectivity index is 4.06. The highest BCUT2D eigenvalue weighted by Gasteiger charge is 2.12. The van der Waals surface area contributed by atoms with E-state index in [-0.39, 0.29) is 24.5 Å². The summed E-state index contributed by atoms with van der Waals surface area (Å²) in [5, 5.41) is 11.1. The minimum atomic E-state index is -1.03. The summed E-state index contributed by atoms with van der Waals surface area (Å²) in [6.45, 7) is 4.19. The van der Waals surface area contributed by atoms with Gasteiger partial charge in [0.1, 0.15) is 12.6 Å². The molecular formula is C41H75NO5. The maximum atomic E-state index is 12.6. The second-order valence-corrected chi connectivity index (χ2v) is 13.5. The molecule has 0 heterocycles. The maximum absolute atomic E-state index is 12.6. The van der Waals surface area contributed by atoms with E-state index in [1.54, 1.807) is 0 Å². The SMILES string of the molecule is CCCCCCCC/C=C\C(CCCCCCC(=O)NCC(=O)O)OC(=O)CCCCCCCCC/C=C\CCCCCCCCC. The fraction of sp³-hybridized carbons (Fsp3) is 0.829. The molecule has 0 bridgehead atoms. The van der Waals surface area contributed by atoms with E-state index < -0.39 is 5.97 Å². The number of rotatable bonds is 36. The zero-order chi connectivity index (χ0) is 34.5. The Labute approximate surface area is 290 Å². The van der Waals surface area contributed by atoms with Crippen LogP contribution in [0.25, 0.3) is 0 Å². The van der Waals surface area contributed by atoms with Crippen molar-refractivity contribution in [3.8, 4) is 0 Å². The van der Waals surface area contributed by atoms with Gasteiger partial charge in [0.2, 0.25) is 5.91 Å². The normalized spacial score (nSPS) is 12.2. The van der Waals surface area contributed by atoms with Crippen LogP contribution in [0.3, 0.4) is 0 Å². The van der Waals surface area contributed by atoms with E-state index in [0.717, 1.165) is 51.4 Å². The molecule has 0 saturated heterocycles. The molecule has 0 saturated carbocycles. The fourth-order valence-electron chi connectivity index (χ4n) is 5.83. The molecule has 0 aromatic heterocycles. The summed E-state index contributed by atoms with van der Waals surface area (Å²) in [6.07, 6.45) is 43.1. The number of aliphatic carboxylic acids is 1. The Kier molecular flexibility index (Phi) is 35.1. The van der Waals surface area contributed by atoms with Crippen molar-refractivity contribution in [1.29, 1.82) is 0 Å². The highest BCUT2D eigenvalue weighted by atomic mass is 16.5. The number of esters is 1. The van der Waals surface area contributed by atoms with E-state index in [9.17, 15) is 14.4 Å². The number of carbonyl (C=O) groups is 3. The Morgan fingerprint density at radius 1 is 0.553 bits per heavy atom. The third-order valence-electron chi connectivity index (χ3n) is 8.83. The van der Waals surface area contributed by atoms with Crippen molar-refractivity contribution in [3.63, 3.8) is 0 Å². The molecule has 0 radical (unpaired) electrons. The van der Waals surface area contributed by atoms with Crippen molar-refractivity contribution in [2.45, 2.75) is 213 Å². The molecule has 2 N–H and O–H groups in total. The van der Waals surface area contributed by atoms with Crippen molar-refractivity contribution in [1.82, 2.24) is 5.32 Å². The molecule has 0 aliphatic carbocycles. The van der Waals surface area contributed by atoms with Gasteiger partial charge in [-0.1, -0.05) is 148 Å². The van der Waals surface area contributed by atoms with Gasteiger partial charge in [0.15, 0.2) is 0 Å². The highest BCUT2D eigenvalue weighted by molar-refractivity contribution is 5.80. The van der Waals surface area contributed by atoms with Crippen LogP contribution >= 0.6 is 0 Å². The largest absolute Gasteiger partial charge is 0.480 e. The third-order valence-corrected chi connectivity index (χ3v) is 8.83. The van der Waals surface area contributed by atoms with Gasteiger partial charge in [-0.05, 0) is 70.3 Å². The van der Waals surface area contributed by atoms with Gasteiger partial charge in [-0.3, -0.25) is 14.4 Å². The number of carboxylic acid groups (broad SMARTS) is 1. The van der Waals surface area contributed by atoms with Crippen LogP contribution in [0.15, 0.2) is 24.3 Å². The first-order chi connectivity index (χ1) is 23.0. The summed E-state index contributed by atoms with van der Waals surface area (Å²) >= 11 is 0. The molecule has 47 heavy (non-hydrogen) atoms. The van der Waals surface area contributed by atoms with Crippen LogP contribution in [-0.4, -0.2) is 35.6 Å². The molecule has 6 nitrogen and oxygen atoms in total. The van der Waals surface area contributed by atoms with Gasteiger partial charge in [-0.25, -0.2) is 0 Å². The maximum Gasteiger partial charge on any atom is 0.322 e. The van der Waals surface area contributed by atoms with Gasteiger partial charge < -0.3 is 15.2 Å². The van der Waals surface area contributed by atoms with Crippen LogP contribution in [0, 0.1) is 0 Å². The van der Waals surface area contributed by atoms with Gasteiger partial charge >= 0.3 is 11.9 Å². The van der Waals surface area contributed by atoms with Gasteiger partial charge in [0.05, 0.1) is 0 Å². The van der Waals surface area contributed by atoms with Crippen molar-refractivity contribution < 1.29 is 24.2 Å². The van der Waals surface area contributed by atoms with Crippen LogP contribution in [0.5, 0.6) is 0 Å². The first kappa shape index (κ1) is 44.9. The summed E-state index contributed by atoms with van der Waals surface area (Å²) in [7, 11) is 0. The molecule has 1 amide bonds. The third kappa shape index (κ3) is 36.6. The molecule has 1 unspecified atom stereocenters. The zero-order valence-electron chi connectivity index (χ0n) is 30.9. The minimum absolute atomic E-state index is 0.0856. The molecule has 0 rings (SSSR count). The van der Waals surface area contributed by atoms with Crippen LogP contribution in [0.2, 0.25) is 0 Å². The number of ether oxygens (including phenoxy) is 1. The minimum Gasteiger partial charge on any atom is -0.480 e. The predicted molar refractivity (Wildman–Crippen MR) is 199 cm³/mol. The van der Waals surface area contributed by atoms with E-state index in [1.165, 1.54) is 128 Å². The van der Waals surface area contributed by atoms with E-state index in [1.807, 2.05) is 0 Å². The number of carbonyl (C=O) groups excluding carboxylic acids is 2. The summed E-state index contributed by atoms with van der Waals surface area (Å²) in [6, 6.07) is 0. The van der Waals surface area contributed by atoms with Gasteiger partial charge in [-0.2, -0.15) is 0 Å². The van der Waals surface area contributed by atoms with Crippen LogP contribution in [-0.2, 0) is 19.1 Å². The van der Waals surface area contributed by atoms with E-state index in [0.29, 0.717) is 12.8 Å². The lowest BCUT2D eigenvalue weighted by atomic mass is 10.1. The number of nitrogens with one attached hydrogen (secondary N) is 1.